The summed E-state index contributed by atoms with van der Waals surface area (Å²) in [5, 5.41) is 3.87. The predicted molar refractivity (Wildman–Crippen MR) is 135 cm³/mol. The van der Waals surface area contributed by atoms with Crippen LogP contribution in [0.25, 0.3) is 10.2 Å². The molecular weight excluding hydrogens is 484 g/mol. The zero-order valence-electron chi connectivity index (χ0n) is 17.7. The van der Waals surface area contributed by atoms with Crippen molar-refractivity contribution in [1.82, 2.24) is 9.88 Å². The van der Waals surface area contributed by atoms with Crippen LogP contribution < -0.4 is 11.1 Å². The number of amides is 1. The second-order valence-corrected chi connectivity index (χ2v) is 9.96. The van der Waals surface area contributed by atoms with Gasteiger partial charge in [-0.25, -0.2) is 4.98 Å². The zero-order chi connectivity index (χ0) is 22.2. The highest BCUT2D eigenvalue weighted by atomic mass is 79.9. The molecule has 1 aliphatic heterocycles. The van der Waals surface area contributed by atoms with E-state index in [0.29, 0.717) is 10.6 Å². The van der Waals surface area contributed by atoms with Crippen LogP contribution in [0.4, 0.5) is 11.4 Å². The number of halogens is 1. The molecule has 0 saturated heterocycles. The van der Waals surface area contributed by atoms with Crippen LogP contribution in [-0.4, -0.2) is 22.3 Å². The third kappa shape index (κ3) is 4.03. The minimum Gasteiger partial charge on any atom is -0.397 e. The molecule has 2 aromatic carbocycles. The fourth-order valence-electron chi connectivity index (χ4n) is 4.12. The van der Waals surface area contributed by atoms with E-state index in [-0.39, 0.29) is 5.91 Å². The van der Waals surface area contributed by atoms with Crippen molar-refractivity contribution in [3.63, 3.8) is 0 Å². The highest BCUT2D eigenvalue weighted by molar-refractivity contribution is 9.10. The van der Waals surface area contributed by atoms with E-state index in [1.807, 2.05) is 31.2 Å². The van der Waals surface area contributed by atoms with Gasteiger partial charge in [0.05, 0.1) is 5.69 Å². The Morgan fingerprint density at radius 2 is 2.03 bits per heavy atom. The van der Waals surface area contributed by atoms with E-state index in [4.69, 9.17) is 10.7 Å². The van der Waals surface area contributed by atoms with Crippen molar-refractivity contribution in [1.29, 1.82) is 0 Å². The van der Waals surface area contributed by atoms with Gasteiger partial charge in [0, 0.05) is 47.3 Å². The number of hydrogen-bond acceptors (Lipinski definition) is 5. The van der Waals surface area contributed by atoms with Crippen molar-refractivity contribution in [3.8, 4) is 0 Å². The van der Waals surface area contributed by atoms with Gasteiger partial charge in [-0.15, -0.1) is 11.3 Å². The van der Waals surface area contributed by atoms with Gasteiger partial charge >= 0.3 is 0 Å². The third-order valence-corrected chi connectivity index (χ3v) is 7.89. The Kier molecular flexibility index (Phi) is 5.71. The number of anilines is 2. The summed E-state index contributed by atoms with van der Waals surface area (Å²) < 4.78 is 0.953. The Morgan fingerprint density at radius 3 is 2.84 bits per heavy atom. The zero-order valence-corrected chi connectivity index (χ0v) is 20.1. The van der Waals surface area contributed by atoms with Gasteiger partial charge in [-0.2, -0.15) is 0 Å². The summed E-state index contributed by atoms with van der Waals surface area (Å²) in [7, 11) is 0. The van der Waals surface area contributed by atoms with Gasteiger partial charge in [0.2, 0.25) is 0 Å². The summed E-state index contributed by atoms with van der Waals surface area (Å²) in [6.45, 7) is 4.68. The Labute approximate surface area is 199 Å². The molecule has 3 heterocycles. The van der Waals surface area contributed by atoms with Gasteiger partial charge in [0.1, 0.15) is 9.71 Å². The van der Waals surface area contributed by atoms with Crippen LogP contribution in [0.15, 0.2) is 59.1 Å². The molecule has 1 aliphatic rings. The average molecular weight is 507 g/mol. The van der Waals surface area contributed by atoms with Crippen molar-refractivity contribution in [3.05, 3.63) is 86.3 Å². The van der Waals surface area contributed by atoms with Gasteiger partial charge in [-0.1, -0.05) is 52.3 Å². The molecule has 4 aromatic rings. The number of nitrogens with one attached hydrogen (secondary N) is 1. The topological polar surface area (TPSA) is 71.2 Å². The van der Waals surface area contributed by atoms with Crippen molar-refractivity contribution in [2.75, 3.05) is 17.6 Å². The lowest BCUT2D eigenvalue weighted by Gasteiger charge is -2.28. The molecule has 1 amide bonds. The van der Waals surface area contributed by atoms with Crippen LogP contribution in [0.1, 0.15) is 32.1 Å². The number of carbonyl (C=O) groups excluding carboxylic acids is 1. The monoisotopic (exact) mass is 506 g/mol. The quantitative estimate of drug-likeness (QED) is 0.369. The molecule has 0 atom stereocenters. The minimum atomic E-state index is -0.199. The van der Waals surface area contributed by atoms with Crippen molar-refractivity contribution >= 4 is 54.8 Å². The summed E-state index contributed by atoms with van der Waals surface area (Å²) in [4.78, 5) is 21.7. The van der Waals surface area contributed by atoms with Crippen LogP contribution >= 0.6 is 27.3 Å². The van der Waals surface area contributed by atoms with Gasteiger partial charge < -0.3 is 11.1 Å². The SMILES string of the molecule is Cc1c(Br)cccc1NC(=O)c1sc2nc3c(cc2c1N)CN(Cc1ccccc1)CC3. The Bertz CT molecular complexity index is 1320. The van der Waals surface area contributed by atoms with E-state index in [1.54, 1.807) is 0 Å². The fraction of sp³-hybridized carbons (Fsp3) is 0.200. The van der Waals surface area contributed by atoms with E-state index < -0.39 is 0 Å². The average Bonchev–Trinajstić information content (AvgIpc) is 3.12. The van der Waals surface area contributed by atoms with Crippen LogP contribution in [0.3, 0.4) is 0 Å². The highest BCUT2D eigenvalue weighted by Crippen LogP contribution is 2.36. The Morgan fingerprint density at radius 1 is 1.22 bits per heavy atom. The number of hydrogen-bond donors (Lipinski definition) is 2. The second kappa shape index (κ2) is 8.65. The van der Waals surface area contributed by atoms with Crippen LogP contribution in [-0.2, 0) is 19.5 Å². The number of aromatic nitrogens is 1. The molecule has 7 heteroatoms. The smallest absolute Gasteiger partial charge is 0.267 e. The van der Waals surface area contributed by atoms with Gasteiger partial charge in [-0.3, -0.25) is 9.69 Å². The fourth-order valence-corrected chi connectivity index (χ4v) is 5.48. The van der Waals surface area contributed by atoms with Crippen LogP contribution in [0, 0.1) is 6.92 Å². The molecule has 2 aromatic heterocycles. The summed E-state index contributed by atoms with van der Waals surface area (Å²) in [5.74, 6) is -0.199. The maximum absolute atomic E-state index is 13.0. The number of nitrogens with zero attached hydrogens (tertiary/aromatic N) is 2. The summed E-state index contributed by atoms with van der Waals surface area (Å²) in [6.07, 6.45) is 0.897. The molecule has 0 radical (unpaired) electrons. The maximum atomic E-state index is 13.0. The van der Waals surface area contributed by atoms with E-state index in [0.717, 1.165) is 57.7 Å². The normalized spacial score (nSPS) is 13.8. The van der Waals surface area contributed by atoms with Gasteiger partial charge in [0.15, 0.2) is 0 Å². The first-order valence-corrected chi connectivity index (χ1v) is 12.1. The standard InChI is InChI=1S/C25H23BrN4OS/c1-15-19(26)8-5-9-20(15)28-24(31)23-22(27)18-12-17-14-30(13-16-6-3-2-4-7-16)11-10-21(17)29-25(18)32-23/h2-9,12H,10-11,13-14,27H2,1H3,(H,28,31). The molecular formula is C25H23BrN4OS. The Balaban J connectivity index is 1.41. The minimum absolute atomic E-state index is 0.199. The third-order valence-electron chi connectivity index (χ3n) is 5.92. The van der Waals surface area contributed by atoms with Crippen LogP contribution in [0.2, 0.25) is 0 Å². The van der Waals surface area contributed by atoms with Gasteiger partial charge in [0.25, 0.3) is 5.91 Å². The molecule has 0 saturated carbocycles. The van der Waals surface area contributed by atoms with Crippen LogP contribution in [0.5, 0.6) is 0 Å². The summed E-state index contributed by atoms with van der Waals surface area (Å²) in [5.41, 5.74) is 12.3. The number of nitrogen functional groups attached to an aromatic ring is 1. The highest BCUT2D eigenvalue weighted by Gasteiger charge is 2.23. The molecule has 162 valence electrons. The number of fused-ring (bicyclic) bond motifs is 2. The summed E-state index contributed by atoms with van der Waals surface area (Å²) in [6, 6.07) is 18.4. The second-order valence-electron chi connectivity index (χ2n) is 8.10. The maximum Gasteiger partial charge on any atom is 0.267 e. The number of nitrogens with two attached hydrogens (primary N) is 1. The molecule has 32 heavy (non-hydrogen) atoms. The van der Waals surface area contributed by atoms with E-state index in [9.17, 15) is 4.79 Å². The molecule has 5 nitrogen and oxygen atoms in total. The number of thiophene rings is 1. The summed E-state index contributed by atoms with van der Waals surface area (Å²) >= 11 is 4.87. The number of benzene rings is 2. The molecule has 3 N–H and O–H groups in total. The first-order chi connectivity index (χ1) is 15.5. The lowest BCUT2D eigenvalue weighted by molar-refractivity contribution is 0.103. The molecule has 5 rings (SSSR count). The molecule has 0 fully saturated rings. The lowest BCUT2D eigenvalue weighted by Crippen LogP contribution is -2.30. The number of carbonyl (C=O) groups is 1. The van der Waals surface area contributed by atoms with E-state index >= 15 is 0 Å². The largest absolute Gasteiger partial charge is 0.397 e. The number of rotatable bonds is 4. The molecule has 0 aliphatic carbocycles. The first-order valence-electron chi connectivity index (χ1n) is 10.5. The van der Waals surface area contributed by atoms with Crippen molar-refractivity contribution in [2.24, 2.45) is 0 Å². The van der Waals surface area contributed by atoms with Crippen molar-refractivity contribution < 1.29 is 4.79 Å². The predicted octanol–water partition coefficient (Wildman–Crippen LogP) is 5.76. The molecule has 0 unspecified atom stereocenters. The van der Waals surface area contributed by atoms with E-state index in [2.05, 4.69) is 56.5 Å². The van der Waals surface area contributed by atoms with Crippen molar-refractivity contribution in [2.45, 2.75) is 26.4 Å². The first kappa shape index (κ1) is 21.1. The number of pyridine rings is 1. The van der Waals surface area contributed by atoms with Gasteiger partial charge in [-0.05, 0) is 41.8 Å². The Hall–Kier alpha value is -2.74. The lowest BCUT2D eigenvalue weighted by atomic mass is 10.0. The molecule has 0 spiro atoms. The van der Waals surface area contributed by atoms with E-state index in [1.165, 1.54) is 22.5 Å². The molecule has 0 bridgehead atoms.